The van der Waals surface area contributed by atoms with Crippen LogP contribution in [0.3, 0.4) is 0 Å². The van der Waals surface area contributed by atoms with Gasteiger partial charge in [0.2, 0.25) is 0 Å². The van der Waals surface area contributed by atoms with Crippen LogP contribution in [-0.2, 0) is 6.42 Å². The summed E-state index contributed by atoms with van der Waals surface area (Å²) in [6, 6.07) is 14.1. The van der Waals surface area contributed by atoms with Crippen LogP contribution in [0.1, 0.15) is 18.9 Å². The van der Waals surface area contributed by atoms with E-state index in [1.54, 1.807) is 12.1 Å². The molecule has 2 aromatic carbocycles. The maximum Gasteiger partial charge on any atom is 0.339 e. The second-order valence-electron chi connectivity index (χ2n) is 5.62. The van der Waals surface area contributed by atoms with Crippen molar-refractivity contribution < 1.29 is 19.0 Å². The van der Waals surface area contributed by atoms with Gasteiger partial charge in [-0.3, -0.25) is 0 Å². The van der Waals surface area contributed by atoms with Crippen molar-refractivity contribution in [1.29, 1.82) is 0 Å². The van der Waals surface area contributed by atoms with Crippen molar-refractivity contribution in [2.24, 2.45) is 0 Å². The lowest BCUT2D eigenvalue weighted by Gasteiger charge is -2.12. The van der Waals surface area contributed by atoms with E-state index in [0.717, 1.165) is 30.2 Å². The zero-order valence-corrected chi connectivity index (χ0v) is 14.0. The topological polar surface area (TPSA) is 68.9 Å². The number of hydrogen-bond acceptors (Lipinski definition) is 5. The predicted octanol–water partition coefficient (Wildman–Crippen LogP) is 3.91. The van der Waals surface area contributed by atoms with Crippen molar-refractivity contribution in [3.63, 3.8) is 0 Å². The number of benzene rings is 2. The Balaban J connectivity index is 1.65. The fourth-order valence-electron chi connectivity index (χ4n) is 2.58. The van der Waals surface area contributed by atoms with Crippen LogP contribution in [0.25, 0.3) is 11.0 Å². The number of rotatable bonds is 7. The van der Waals surface area contributed by atoms with E-state index < -0.39 is 5.63 Å². The largest absolute Gasteiger partial charge is 0.507 e. The molecule has 0 saturated carbocycles. The van der Waals surface area contributed by atoms with Crippen LogP contribution in [-0.4, -0.2) is 18.3 Å². The second-order valence-corrected chi connectivity index (χ2v) is 5.62. The van der Waals surface area contributed by atoms with E-state index in [-0.39, 0.29) is 5.75 Å². The highest BCUT2D eigenvalue weighted by Crippen LogP contribution is 2.30. The van der Waals surface area contributed by atoms with E-state index in [9.17, 15) is 9.90 Å². The molecule has 25 heavy (non-hydrogen) atoms. The number of fused-ring (bicyclic) bond motifs is 1. The van der Waals surface area contributed by atoms with E-state index in [4.69, 9.17) is 13.9 Å². The van der Waals surface area contributed by atoms with Crippen LogP contribution in [0, 0.1) is 0 Å². The molecule has 0 radical (unpaired) electrons. The molecule has 0 bridgehead atoms. The molecule has 3 aromatic rings. The molecule has 1 aromatic heterocycles. The first-order chi connectivity index (χ1) is 12.2. The molecular formula is C20H20O5. The normalized spacial score (nSPS) is 10.8. The third kappa shape index (κ3) is 4.12. The fraction of sp³-hybridized carbons (Fsp3) is 0.250. The lowest BCUT2D eigenvalue weighted by Crippen LogP contribution is -2.06. The van der Waals surface area contributed by atoms with Crippen LogP contribution < -0.4 is 15.1 Å². The molecule has 0 saturated heterocycles. The lowest BCUT2D eigenvalue weighted by molar-refractivity contribution is 0.246. The molecule has 5 heteroatoms. The number of aryl methyl sites for hydroxylation is 1. The highest BCUT2D eigenvalue weighted by Gasteiger charge is 2.11. The molecule has 0 spiro atoms. The number of ether oxygens (including phenoxy) is 2. The lowest BCUT2D eigenvalue weighted by atomic mass is 10.1. The van der Waals surface area contributed by atoms with Crippen LogP contribution in [0.15, 0.2) is 57.7 Å². The van der Waals surface area contributed by atoms with Crippen LogP contribution in [0.2, 0.25) is 0 Å². The highest BCUT2D eigenvalue weighted by molar-refractivity contribution is 5.85. The van der Waals surface area contributed by atoms with Crippen molar-refractivity contribution in [2.75, 3.05) is 13.2 Å². The Morgan fingerprint density at radius 1 is 1.04 bits per heavy atom. The molecule has 5 nitrogen and oxygen atoms in total. The summed E-state index contributed by atoms with van der Waals surface area (Å²) < 4.78 is 16.6. The van der Waals surface area contributed by atoms with Crippen molar-refractivity contribution in [3.05, 3.63) is 64.5 Å². The fourth-order valence-corrected chi connectivity index (χ4v) is 2.58. The van der Waals surface area contributed by atoms with Crippen molar-refractivity contribution >= 4 is 11.0 Å². The van der Waals surface area contributed by atoms with Gasteiger partial charge in [-0.2, -0.15) is 0 Å². The van der Waals surface area contributed by atoms with E-state index in [0.29, 0.717) is 29.9 Å². The first-order valence-corrected chi connectivity index (χ1v) is 8.27. The minimum Gasteiger partial charge on any atom is -0.507 e. The smallest absolute Gasteiger partial charge is 0.339 e. The van der Waals surface area contributed by atoms with E-state index in [2.05, 4.69) is 0 Å². The van der Waals surface area contributed by atoms with E-state index in [1.807, 2.05) is 37.3 Å². The van der Waals surface area contributed by atoms with Gasteiger partial charge in [0, 0.05) is 12.5 Å². The molecule has 130 valence electrons. The number of para-hydroxylation sites is 1. The summed E-state index contributed by atoms with van der Waals surface area (Å²) >= 11 is 0. The maximum absolute atomic E-state index is 11.4. The van der Waals surface area contributed by atoms with E-state index in [1.165, 1.54) is 0 Å². The molecule has 0 amide bonds. The minimum atomic E-state index is -0.587. The third-order valence-corrected chi connectivity index (χ3v) is 3.84. The Bertz CT molecular complexity index is 899. The minimum absolute atomic E-state index is 0.0799. The molecule has 0 fully saturated rings. The van der Waals surface area contributed by atoms with Crippen molar-refractivity contribution in [2.45, 2.75) is 19.8 Å². The molecule has 1 heterocycles. The summed E-state index contributed by atoms with van der Waals surface area (Å²) in [5, 5.41) is 10.4. The Hall–Kier alpha value is -2.95. The summed E-state index contributed by atoms with van der Waals surface area (Å²) in [4.78, 5) is 11.4. The quantitative estimate of drug-likeness (QED) is 0.522. The Morgan fingerprint density at radius 3 is 2.56 bits per heavy atom. The van der Waals surface area contributed by atoms with Gasteiger partial charge < -0.3 is 19.0 Å². The van der Waals surface area contributed by atoms with E-state index >= 15 is 0 Å². The molecule has 0 atom stereocenters. The van der Waals surface area contributed by atoms with Gasteiger partial charge in [-0.15, -0.1) is 0 Å². The zero-order valence-electron chi connectivity index (χ0n) is 14.0. The van der Waals surface area contributed by atoms with Crippen LogP contribution in [0.4, 0.5) is 0 Å². The average molecular weight is 340 g/mol. The summed E-state index contributed by atoms with van der Waals surface area (Å²) in [5.74, 6) is 1.41. The van der Waals surface area contributed by atoms with Crippen LogP contribution >= 0.6 is 0 Å². The zero-order chi connectivity index (χ0) is 17.6. The van der Waals surface area contributed by atoms with Gasteiger partial charge in [-0.1, -0.05) is 25.1 Å². The maximum atomic E-state index is 11.4. The average Bonchev–Trinajstić information content (AvgIpc) is 2.61. The molecule has 0 aliphatic rings. The first kappa shape index (κ1) is 16.9. The van der Waals surface area contributed by atoms with Gasteiger partial charge >= 0.3 is 5.63 Å². The summed E-state index contributed by atoms with van der Waals surface area (Å²) in [7, 11) is 0. The van der Waals surface area contributed by atoms with Gasteiger partial charge in [0.15, 0.2) is 0 Å². The van der Waals surface area contributed by atoms with Gasteiger partial charge in [0.25, 0.3) is 0 Å². The van der Waals surface area contributed by atoms with Crippen molar-refractivity contribution in [1.82, 2.24) is 0 Å². The Labute approximate surface area is 145 Å². The monoisotopic (exact) mass is 340 g/mol. The van der Waals surface area contributed by atoms with Gasteiger partial charge in [0.05, 0.1) is 24.7 Å². The SMILES string of the molecule is CCc1cc2c(O)cc(=O)oc2cc1OCCCOc1ccccc1. The molecule has 0 aliphatic carbocycles. The molecule has 0 unspecified atom stereocenters. The highest BCUT2D eigenvalue weighted by atomic mass is 16.5. The molecular weight excluding hydrogens is 320 g/mol. The molecule has 3 rings (SSSR count). The standard InChI is InChI=1S/C20H20O5/c1-2-14-11-16-17(21)12-20(22)25-19(16)13-18(14)24-10-6-9-23-15-7-4-3-5-8-15/h3-5,7-8,11-13,21H,2,6,9-10H2,1H3. The summed E-state index contributed by atoms with van der Waals surface area (Å²) in [5.41, 5.74) is 0.676. The van der Waals surface area contributed by atoms with Gasteiger partial charge in [0.1, 0.15) is 22.8 Å². The van der Waals surface area contributed by atoms with Gasteiger partial charge in [-0.05, 0) is 30.2 Å². The third-order valence-electron chi connectivity index (χ3n) is 3.84. The first-order valence-electron chi connectivity index (χ1n) is 8.27. The Kier molecular flexibility index (Phi) is 5.23. The van der Waals surface area contributed by atoms with Crippen LogP contribution in [0.5, 0.6) is 17.2 Å². The molecule has 0 aliphatic heterocycles. The summed E-state index contributed by atoms with van der Waals surface area (Å²) in [6.07, 6.45) is 1.46. The van der Waals surface area contributed by atoms with Gasteiger partial charge in [-0.25, -0.2) is 4.79 Å². The Morgan fingerprint density at radius 2 is 1.80 bits per heavy atom. The van der Waals surface area contributed by atoms with Crippen molar-refractivity contribution in [3.8, 4) is 17.2 Å². The molecule has 1 N–H and O–H groups in total. The number of hydrogen-bond donors (Lipinski definition) is 1. The second kappa shape index (κ2) is 7.75. The summed E-state index contributed by atoms with van der Waals surface area (Å²) in [6.45, 7) is 3.03. The number of aromatic hydroxyl groups is 1. The predicted molar refractivity (Wildman–Crippen MR) is 95.6 cm³/mol.